The van der Waals surface area contributed by atoms with E-state index in [-0.39, 0.29) is 18.0 Å². The second kappa shape index (κ2) is 7.25. The lowest BCUT2D eigenvalue weighted by atomic mass is 9.94. The largest absolute Gasteiger partial charge is 0.378 e. The number of piperidine rings is 1. The van der Waals surface area contributed by atoms with E-state index >= 15 is 0 Å². The summed E-state index contributed by atoms with van der Waals surface area (Å²) in [5, 5.41) is 3.38. The fourth-order valence-electron chi connectivity index (χ4n) is 3.44. The Balaban J connectivity index is 1.68. The van der Waals surface area contributed by atoms with Gasteiger partial charge in [-0.15, -0.1) is 0 Å². The summed E-state index contributed by atoms with van der Waals surface area (Å²) in [5.74, 6) is 0.258. The Kier molecular flexibility index (Phi) is 5.11. The number of likely N-dealkylation sites (tertiary alicyclic amines) is 1. The normalized spacial score (nSPS) is 26.0. The maximum absolute atomic E-state index is 12.7. The highest BCUT2D eigenvalue weighted by Gasteiger charge is 2.29. The predicted octanol–water partition coefficient (Wildman–Crippen LogP) is 2.43. The van der Waals surface area contributed by atoms with Gasteiger partial charge in [-0.05, 0) is 31.7 Å². The molecular weight excluding hydrogens is 276 g/mol. The Hall–Kier alpha value is -1.39. The Morgan fingerprint density at radius 1 is 1.32 bits per heavy atom. The van der Waals surface area contributed by atoms with Crippen LogP contribution in [0, 0.1) is 6.92 Å². The number of rotatable bonds is 3. The smallest absolute Gasteiger partial charge is 0.224 e. The van der Waals surface area contributed by atoms with E-state index in [4.69, 9.17) is 4.74 Å². The number of hydrogen-bond donors (Lipinski definition) is 1. The molecule has 120 valence electrons. The molecule has 0 bridgehead atoms. The van der Waals surface area contributed by atoms with Crippen LogP contribution in [-0.2, 0) is 9.53 Å². The number of carbonyl (C=O) groups excluding carboxylic acids is 1. The highest BCUT2D eigenvalue weighted by atomic mass is 16.5. The summed E-state index contributed by atoms with van der Waals surface area (Å²) in [6.45, 7) is 5.22. The number of morpholine rings is 1. The molecule has 1 amide bonds. The highest BCUT2D eigenvalue weighted by molar-refractivity contribution is 5.77. The summed E-state index contributed by atoms with van der Waals surface area (Å²) in [6.07, 6.45) is 3.93. The molecule has 2 aliphatic rings. The number of amides is 1. The third-order valence-electron chi connectivity index (χ3n) is 4.70. The molecule has 3 rings (SSSR count). The van der Waals surface area contributed by atoms with Crippen LogP contribution in [0.2, 0.25) is 0 Å². The first-order valence-corrected chi connectivity index (χ1v) is 8.41. The van der Waals surface area contributed by atoms with Crippen molar-refractivity contribution in [1.82, 2.24) is 10.2 Å². The van der Waals surface area contributed by atoms with Crippen LogP contribution in [0.1, 0.15) is 42.9 Å². The summed E-state index contributed by atoms with van der Waals surface area (Å²) in [5.41, 5.74) is 2.53. The van der Waals surface area contributed by atoms with Crippen LogP contribution in [0.15, 0.2) is 24.3 Å². The maximum Gasteiger partial charge on any atom is 0.224 e. The van der Waals surface area contributed by atoms with Gasteiger partial charge in [0.2, 0.25) is 5.91 Å². The van der Waals surface area contributed by atoms with Crippen LogP contribution in [0.5, 0.6) is 0 Å². The summed E-state index contributed by atoms with van der Waals surface area (Å²) < 4.78 is 5.46. The van der Waals surface area contributed by atoms with Crippen LogP contribution in [0.3, 0.4) is 0 Å². The number of aryl methyl sites for hydroxylation is 1. The topological polar surface area (TPSA) is 41.6 Å². The standard InChI is InChI=1S/C18H26N2O2/c1-14-5-7-15(8-6-14)17-4-2-3-10-20(17)18(21)12-16-13-22-11-9-19-16/h5-8,16-17,19H,2-4,9-13H2,1H3. The van der Waals surface area contributed by atoms with E-state index in [9.17, 15) is 4.79 Å². The second-order valence-electron chi connectivity index (χ2n) is 6.44. The molecule has 0 aliphatic carbocycles. The van der Waals surface area contributed by atoms with Crippen LogP contribution in [-0.4, -0.2) is 43.2 Å². The van der Waals surface area contributed by atoms with Gasteiger partial charge in [-0.1, -0.05) is 29.8 Å². The number of hydrogen-bond acceptors (Lipinski definition) is 3. The van der Waals surface area contributed by atoms with E-state index in [1.165, 1.54) is 17.5 Å². The lowest BCUT2D eigenvalue weighted by Crippen LogP contribution is -2.46. The van der Waals surface area contributed by atoms with Crippen molar-refractivity contribution >= 4 is 5.91 Å². The van der Waals surface area contributed by atoms with Crippen LogP contribution >= 0.6 is 0 Å². The quantitative estimate of drug-likeness (QED) is 0.932. The van der Waals surface area contributed by atoms with Gasteiger partial charge >= 0.3 is 0 Å². The molecule has 0 aromatic heterocycles. The monoisotopic (exact) mass is 302 g/mol. The third kappa shape index (κ3) is 3.68. The fraction of sp³-hybridized carbons (Fsp3) is 0.611. The molecule has 2 heterocycles. The minimum atomic E-state index is 0.168. The average Bonchev–Trinajstić information content (AvgIpc) is 2.56. The second-order valence-corrected chi connectivity index (χ2v) is 6.44. The first-order chi connectivity index (χ1) is 10.7. The number of nitrogens with one attached hydrogen (secondary N) is 1. The number of benzene rings is 1. The predicted molar refractivity (Wildman–Crippen MR) is 86.7 cm³/mol. The first kappa shape index (κ1) is 15.5. The molecule has 2 saturated heterocycles. The van der Waals surface area contributed by atoms with Gasteiger partial charge in [0, 0.05) is 25.6 Å². The summed E-state index contributed by atoms with van der Waals surface area (Å²) in [4.78, 5) is 14.8. The van der Waals surface area contributed by atoms with E-state index in [0.717, 1.165) is 32.5 Å². The van der Waals surface area contributed by atoms with Gasteiger partial charge < -0.3 is 15.0 Å². The van der Waals surface area contributed by atoms with E-state index in [1.54, 1.807) is 0 Å². The van der Waals surface area contributed by atoms with Crippen molar-refractivity contribution in [3.05, 3.63) is 35.4 Å². The van der Waals surface area contributed by atoms with E-state index in [1.807, 2.05) is 0 Å². The number of carbonyl (C=O) groups is 1. The zero-order valence-corrected chi connectivity index (χ0v) is 13.4. The van der Waals surface area contributed by atoms with Crippen molar-refractivity contribution < 1.29 is 9.53 Å². The van der Waals surface area contributed by atoms with Crippen molar-refractivity contribution in [1.29, 1.82) is 0 Å². The molecule has 4 nitrogen and oxygen atoms in total. The summed E-state index contributed by atoms with van der Waals surface area (Å²) in [6, 6.07) is 9.04. The highest BCUT2D eigenvalue weighted by Crippen LogP contribution is 2.31. The van der Waals surface area contributed by atoms with Crippen LogP contribution < -0.4 is 5.32 Å². The van der Waals surface area contributed by atoms with Gasteiger partial charge in [0.05, 0.1) is 19.3 Å². The Morgan fingerprint density at radius 3 is 2.86 bits per heavy atom. The minimum absolute atomic E-state index is 0.168. The number of nitrogens with zero attached hydrogens (tertiary/aromatic N) is 1. The molecule has 2 aliphatic heterocycles. The molecule has 0 radical (unpaired) electrons. The molecule has 2 unspecified atom stereocenters. The molecule has 0 saturated carbocycles. The van der Waals surface area contributed by atoms with Gasteiger partial charge in [-0.3, -0.25) is 4.79 Å². The SMILES string of the molecule is Cc1ccc(C2CCCCN2C(=O)CC2COCCN2)cc1. The van der Waals surface area contributed by atoms with Crippen LogP contribution in [0.4, 0.5) is 0 Å². The van der Waals surface area contributed by atoms with Crippen molar-refractivity contribution in [3.63, 3.8) is 0 Å². The molecule has 2 atom stereocenters. The molecular formula is C18H26N2O2. The number of ether oxygens (including phenoxy) is 1. The van der Waals surface area contributed by atoms with Gasteiger partial charge in [0.25, 0.3) is 0 Å². The van der Waals surface area contributed by atoms with E-state index in [2.05, 4.69) is 41.4 Å². The molecule has 1 N–H and O–H groups in total. The van der Waals surface area contributed by atoms with Crippen molar-refractivity contribution in [2.45, 2.75) is 44.7 Å². The molecule has 2 fully saturated rings. The Labute approximate surface area is 132 Å². The van der Waals surface area contributed by atoms with Gasteiger partial charge in [0.15, 0.2) is 0 Å². The molecule has 1 aromatic rings. The minimum Gasteiger partial charge on any atom is -0.378 e. The fourth-order valence-corrected chi connectivity index (χ4v) is 3.44. The van der Waals surface area contributed by atoms with Crippen molar-refractivity contribution in [2.24, 2.45) is 0 Å². The van der Waals surface area contributed by atoms with Gasteiger partial charge in [-0.25, -0.2) is 0 Å². The molecule has 0 spiro atoms. The molecule has 22 heavy (non-hydrogen) atoms. The lowest BCUT2D eigenvalue weighted by Gasteiger charge is -2.37. The van der Waals surface area contributed by atoms with Crippen molar-refractivity contribution in [2.75, 3.05) is 26.3 Å². The van der Waals surface area contributed by atoms with E-state index in [0.29, 0.717) is 13.0 Å². The van der Waals surface area contributed by atoms with Gasteiger partial charge in [-0.2, -0.15) is 0 Å². The average molecular weight is 302 g/mol. The van der Waals surface area contributed by atoms with Crippen LogP contribution in [0.25, 0.3) is 0 Å². The first-order valence-electron chi connectivity index (χ1n) is 8.41. The summed E-state index contributed by atoms with van der Waals surface area (Å²) >= 11 is 0. The third-order valence-corrected chi connectivity index (χ3v) is 4.70. The zero-order valence-electron chi connectivity index (χ0n) is 13.4. The van der Waals surface area contributed by atoms with Gasteiger partial charge in [0.1, 0.15) is 0 Å². The Morgan fingerprint density at radius 2 is 2.14 bits per heavy atom. The van der Waals surface area contributed by atoms with Crippen molar-refractivity contribution in [3.8, 4) is 0 Å². The lowest BCUT2D eigenvalue weighted by molar-refractivity contribution is -0.136. The zero-order chi connectivity index (χ0) is 15.4. The Bertz CT molecular complexity index is 494. The molecule has 4 heteroatoms. The van der Waals surface area contributed by atoms with E-state index < -0.39 is 0 Å². The maximum atomic E-state index is 12.7. The molecule has 1 aromatic carbocycles. The summed E-state index contributed by atoms with van der Waals surface area (Å²) in [7, 11) is 0.